The molecule has 7 heteroatoms. The summed E-state index contributed by atoms with van der Waals surface area (Å²) in [7, 11) is 0. The minimum atomic E-state index is -0.0858. The van der Waals surface area contributed by atoms with Crippen LogP contribution in [0.5, 0.6) is 0 Å². The molecule has 0 N–H and O–H groups in total. The number of hydrogen-bond acceptors (Lipinski definition) is 4. The molecule has 5 nitrogen and oxygen atoms in total. The van der Waals surface area contributed by atoms with E-state index >= 15 is 0 Å². The van der Waals surface area contributed by atoms with Crippen LogP contribution >= 0.6 is 23.4 Å². The number of thioether (sulfide) groups is 1. The van der Waals surface area contributed by atoms with Crippen LogP contribution < -0.4 is 4.90 Å². The van der Waals surface area contributed by atoms with Gasteiger partial charge in [-0.25, -0.2) is 0 Å². The Balaban J connectivity index is 1.49. The first-order valence-corrected chi connectivity index (χ1v) is 8.61. The van der Waals surface area contributed by atoms with Gasteiger partial charge in [-0.05, 0) is 43.5 Å². The summed E-state index contributed by atoms with van der Waals surface area (Å²) < 4.78 is 2.10. The molecule has 2 aromatic rings. The molecule has 0 radical (unpaired) electrons. The number of anilines is 1. The Bertz CT molecular complexity index is 698. The fraction of sp³-hybridized carbons (Fsp3) is 0.400. The third-order valence-corrected chi connectivity index (χ3v) is 5.50. The molecule has 1 saturated carbocycles. The minimum Gasteiger partial charge on any atom is -0.311 e. The molecule has 0 unspecified atom stereocenters. The maximum atomic E-state index is 12.6. The van der Waals surface area contributed by atoms with Crippen LogP contribution in [0.15, 0.2) is 35.7 Å². The number of nitrogens with zero attached hydrogens (tertiary/aromatic N) is 4. The summed E-state index contributed by atoms with van der Waals surface area (Å²) in [4.78, 5) is 14.5. The number of aromatic nitrogens is 3. The van der Waals surface area contributed by atoms with Crippen LogP contribution in [0.2, 0.25) is 5.02 Å². The van der Waals surface area contributed by atoms with Gasteiger partial charge in [-0.2, -0.15) is 0 Å². The number of benzene rings is 1. The Labute approximate surface area is 137 Å². The number of carbonyl (C=O) groups is 1. The van der Waals surface area contributed by atoms with E-state index in [-0.39, 0.29) is 11.2 Å². The molecule has 1 saturated heterocycles. The van der Waals surface area contributed by atoms with Crippen molar-refractivity contribution in [1.29, 1.82) is 0 Å². The van der Waals surface area contributed by atoms with Gasteiger partial charge in [0, 0.05) is 23.3 Å². The Morgan fingerprint density at radius 3 is 2.68 bits per heavy atom. The molecule has 114 valence electrons. The normalized spacial score (nSPS) is 21.6. The molecule has 0 spiro atoms. The van der Waals surface area contributed by atoms with Gasteiger partial charge in [0.15, 0.2) is 5.16 Å². The predicted octanol–water partition coefficient (Wildman–Crippen LogP) is 3.16. The number of halogens is 1. The van der Waals surface area contributed by atoms with Gasteiger partial charge in [0.1, 0.15) is 6.33 Å². The summed E-state index contributed by atoms with van der Waals surface area (Å²) in [6.07, 6.45) is 4.96. The SMILES string of the molecule is O=C1[C@@H](Sc2nncn2C2CC2)CCN1c1ccc(Cl)cc1. The van der Waals surface area contributed by atoms with Crippen molar-refractivity contribution in [1.82, 2.24) is 14.8 Å². The molecule has 2 heterocycles. The maximum absolute atomic E-state index is 12.6. The van der Waals surface area contributed by atoms with E-state index in [0.717, 1.165) is 23.8 Å². The second-order valence-corrected chi connectivity index (χ2v) is 7.22. The Kier molecular flexibility index (Phi) is 3.58. The molecule has 1 aromatic carbocycles. The van der Waals surface area contributed by atoms with Crippen molar-refractivity contribution in [2.45, 2.75) is 35.7 Å². The van der Waals surface area contributed by atoms with Crippen molar-refractivity contribution >= 4 is 35.0 Å². The summed E-state index contributed by atoms with van der Waals surface area (Å²) in [6, 6.07) is 7.93. The summed E-state index contributed by atoms with van der Waals surface area (Å²) in [5.41, 5.74) is 0.904. The fourth-order valence-corrected chi connectivity index (χ4v) is 3.93. The Hall–Kier alpha value is -1.53. The van der Waals surface area contributed by atoms with Crippen LogP contribution in [0, 0.1) is 0 Å². The van der Waals surface area contributed by atoms with Gasteiger partial charge in [-0.1, -0.05) is 23.4 Å². The van der Waals surface area contributed by atoms with Crippen molar-refractivity contribution in [3.63, 3.8) is 0 Å². The highest BCUT2D eigenvalue weighted by atomic mass is 35.5. The van der Waals surface area contributed by atoms with Crippen molar-refractivity contribution in [3.8, 4) is 0 Å². The van der Waals surface area contributed by atoms with Gasteiger partial charge < -0.3 is 9.47 Å². The third-order valence-electron chi connectivity index (χ3n) is 4.02. The highest BCUT2D eigenvalue weighted by molar-refractivity contribution is 8.00. The van der Waals surface area contributed by atoms with Crippen LogP contribution in [-0.2, 0) is 4.79 Å². The number of rotatable bonds is 4. The average molecular weight is 335 g/mol. The van der Waals surface area contributed by atoms with Crippen molar-refractivity contribution in [2.75, 3.05) is 11.4 Å². The van der Waals surface area contributed by atoms with Crippen LogP contribution in [0.1, 0.15) is 25.3 Å². The molecule has 1 aliphatic carbocycles. The second kappa shape index (κ2) is 5.59. The van der Waals surface area contributed by atoms with Gasteiger partial charge in [0.2, 0.25) is 5.91 Å². The number of carbonyl (C=O) groups excluding carboxylic acids is 1. The third kappa shape index (κ3) is 2.61. The standard InChI is InChI=1S/C15H15ClN4OS/c16-10-1-3-11(4-2-10)19-8-7-13(14(19)21)22-15-18-17-9-20(15)12-5-6-12/h1-4,9,12-13H,5-8H2/t13-/m0/s1. The van der Waals surface area contributed by atoms with Crippen LogP contribution in [-0.4, -0.2) is 32.5 Å². The zero-order valence-corrected chi connectivity index (χ0v) is 13.4. The van der Waals surface area contributed by atoms with E-state index in [0.29, 0.717) is 11.1 Å². The molecule has 2 aliphatic rings. The lowest BCUT2D eigenvalue weighted by molar-refractivity contribution is -0.116. The summed E-state index contributed by atoms with van der Waals surface area (Å²) in [5.74, 6) is 0.137. The van der Waals surface area contributed by atoms with Gasteiger partial charge >= 0.3 is 0 Å². The summed E-state index contributed by atoms with van der Waals surface area (Å²) >= 11 is 7.44. The zero-order chi connectivity index (χ0) is 15.1. The fourth-order valence-electron chi connectivity index (χ4n) is 2.69. The molecule has 1 amide bonds. The van der Waals surface area contributed by atoms with Crippen LogP contribution in [0.25, 0.3) is 0 Å². The first kappa shape index (κ1) is 14.1. The van der Waals surface area contributed by atoms with E-state index < -0.39 is 0 Å². The van der Waals surface area contributed by atoms with E-state index in [9.17, 15) is 4.79 Å². The molecule has 4 rings (SSSR count). The van der Waals surface area contributed by atoms with E-state index in [4.69, 9.17) is 11.6 Å². The van der Waals surface area contributed by atoms with Gasteiger partial charge in [-0.15, -0.1) is 10.2 Å². The molecule has 1 atom stereocenters. The average Bonchev–Trinajstić information content (AvgIpc) is 3.16. The molecule has 1 aromatic heterocycles. The maximum Gasteiger partial charge on any atom is 0.240 e. The number of amides is 1. The molecule has 1 aliphatic heterocycles. The first-order valence-electron chi connectivity index (χ1n) is 7.35. The molecular weight excluding hydrogens is 320 g/mol. The predicted molar refractivity (Wildman–Crippen MR) is 86.4 cm³/mol. The monoisotopic (exact) mass is 334 g/mol. The van der Waals surface area contributed by atoms with Crippen LogP contribution in [0.3, 0.4) is 0 Å². The second-order valence-electron chi connectivity index (χ2n) is 5.61. The topological polar surface area (TPSA) is 51.0 Å². The lowest BCUT2D eigenvalue weighted by Gasteiger charge is -2.16. The molecule has 0 bridgehead atoms. The van der Waals surface area contributed by atoms with Gasteiger partial charge in [0.25, 0.3) is 0 Å². The smallest absolute Gasteiger partial charge is 0.240 e. The number of hydrogen-bond donors (Lipinski definition) is 0. The highest BCUT2D eigenvalue weighted by Crippen LogP contribution is 2.39. The summed E-state index contributed by atoms with van der Waals surface area (Å²) in [6.45, 7) is 0.732. The molecule has 2 fully saturated rings. The summed E-state index contributed by atoms with van der Waals surface area (Å²) in [5, 5.41) is 9.62. The van der Waals surface area contributed by atoms with E-state index in [1.165, 1.54) is 24.6 Å². The van der Waals surface area contributed by atoms with Gasteiger partial charge in [-0.3, -0.25) is 4.79 Å². The Morgan fingerprint density at radius 1 is 1.18 bits per heavy atom. The zero-order valence-electron chi connectivity index (χ0n) is 11.9. The van der Waals surface area contributed by atoms with Gasteiger partial charge in [0.05, 0.1) is 5.25 Å². The quantitative estimate of drug-likeness (QED) is 0.861. The van der Waals surface area contributed by atoms with E-state index in [1.807, 2.05) is 29.2 Å². The van der Waals surface area contributed by atoms with Crippen molar-refractivity contribution in [2.24, 2.45) is 0 Å². The largest absolute Gasteiger partial charge is 0.311 e. The Morgan fingerprint density at radius 2 is 1.95 bits per heavy atom. The van der Waals surface area contributed by atoms with E-state index in [1.54, 1.807) is 6.33 Å². The first-order chi connectivity index (χ1) is 10.7. The van der Waals surface area contributed by atoms with E-state index in [2.05, 4.69) is 14.8 Å². The van der Waals surface area contributed by atoms with Crippen LogP contribution in [0.4, 0.5) is 5.69 Å². The minimum absolute atomic E-state index is 0.0858. The van der Waals surface area contributed by atoms with Crippen molar-refractivity contribution < 1.29 is 4.79 Å². The molecular formula is C15H15ClN4OS. The highest BCUT2D eigenvalue weighted by Gasteiger charge is 2.35. The molecule has 22 heavy (non-hydrogen) atoms. The van der Waals surface area contributed by atoms with Crippen molar-refractivity contribution in [3.05, 3.63) is 35.6 Å². The lowest BCUT2D eigenvalue weighted by Crippen LogP contribution is -2.28. The lowest BCUT2D eigenvalue weighted by atomic mass is 10.3.